The lowest BCUT2D eigenvalue weighted by Gasteiger charge is -2.25. The molecule has 0 aromatic heterocycles. The van der Waals surface area contributed by atoms with E-state index in [-0.39, 0.29) is 17.4 Å². The third kappa shape index (κ3) is 5.25. The van der Waals surface area contributed by atoms with Gasteiger partial charge in [-0.1, -0.05) is 19.1 Å². The number of aryl methyl sites for hydroxylation is 1. The Kier molecular flexibility index (Phi) is 7.82. The van der Waals surface area contributed by atoms with Crippen molar-refractivity contribution in [1.29, 1.82) is 5.26 Å². The largest absolute Gasteiger partial charge is 0.507 e. The maximum atomic E-state index is 13.4. The SMILES string of the molecule is CCCOc1ccc(C2/C(=C(/O)c3ccc(OC(C)C)c(C)c3)C(=O)C(=O)N2c2ccc(C#N)cc2)cc1. The summed E-state index contributed by atoms with van der Waals surface area (Å²) in [5.74, 6) is -0.474. The Morgan fingerprint density at radius 2 is 1.74 bits per heavy atom. The molecule has 1 aliphatic rings. The second kappa shape index (κ2) is 11.2. The van der Waals surface area contributed by atoms with Gasteiger partial charge in [-0.05, 0) is 92.9 Å². The summed E-state index contributed by atoms with van der Waals surface area (Å²) < 4.78 is 11.5. The predicted octanol–water partition coefficient (Wildman–Crippen LogP) is 6.07. The fourth-order valence-electron chi connectivity index (χ4n) is 4.42. The molecule has 38 heavy (non-hydrogen) atoms. The molecule has 7 heteroatoms. The number of anilines is 1. The van der Waals surface area contributed by atoms with E-state index in [0.717, 1.165) is 12.0 Å². The smallest absolute Gasteiger partial charge is 0.300 e. The van der Waals surface area contributed by atoms with Crippen molar-refractivity contribution < 1.29 is 24.2 Å². The lowest BCUT2D eigenvalue weighted by molar-refractivity contribution is -0.132. The number of ether oxygens (including phenoxy) is 2. The molecule has 1 N–H and O–H groups in total. The Bertz CT molecular complexity index is 1420. The van der Waals surface area contributed by atoms with Crippen LogP contribution in [0, 0.1) is 18.3 Å². The number of aliphatic hydroxyl groups excluding tert-OH is 1. The summed E-state index contributed by atoms with van der Waals surface area (Å²) in [6, 6.07) is 19.9. The highest BCUT2D eigenvalue weighted by Gasteiger charge is 2.47. The van der Waals surface area contributed by atoms with Crippen molar-refractivity contribution in [3.05, 3.63) is 94.6 Å². The summed E-state index contributed by atoms with van der Waals surface area (Å²) >= 11 is 0. The molecule has 1 atom stereocenters. The number of hydrogen-bond acceptors (Lipinski definition) is 6. The van der Waals surface area contributed by atoms with Crippen molar-refractivity contribution in [3.63, 3.8) is 0 Å². The summed E-state index contributed by atoms with van der Waals surface area (Å²) in [6.45, 7) is 8.30. The molecule has 7 nitrogen and oxygen atoms in total. The third-order valence-corrected chi connectivity index (χ3v) is 6.20. The molecule has 1 heterocycles. The van der Waals surface area contributed by atoms with Crippen LogP contribution in [-0.2, 0) is 9.59 Å². The minimum absolute atomic E-state index is 0.0153. The van der Waals surface area contributed by atoms with Crippen molar-refractivity contribution in [1.82, 2.24) is 0 Å². The van der Waals surface area contributed by atoms with Crippen molar-refractivity contribution in [2.45, 2.75) is 46.3 Å². The molecular weight excluding hydrogens is 480 g/mol. The number of aliphatic hydroxyl groups is 1. The molecule has 1 unspecified atom stereocenters. The van der Waals surface area contributed by atoms with Gasteiger partial charge in [0.05, 0.1) is 36.0 Å². The fourth-order valence-corrected chi connectivity index (χ4v) is 4.42. The highest BCUT2D eigenvalue weighted by atomic mass is 16.5. The van der Waals surface area contributed by atoms with Crippen LogP contribution in [0.25, 0.3) is 5.76 Å². The van der Waals surface area contributed by atoms with Gasteiger partial charge in [0.25, 0.3) is 11.7 Å². The Morgan fingerprint density at radius 1 is 1.05 bits per heavy atom. The third-order valence-electron chi connectivity index (χ3n) is 6.20. The van der Waals surface area contributed by atoms with Crippen LogP contribution < -0.4 is 14.4 Å². The quantitative estimate of drug-likeness (QED) is 0.224. The summed E-state index contributed by atoms with van der Waals surface area (Å²) in [6.07, 6.45) is 0.844. The van der Waals surface area contributed by atoms with Gasteiger partial charge in [-0.2, -0.15) is 5.26 Å². The van der Waals surface area contributed by atoms with E-state index in [1.165, 1.54) is 4.90 Å². The second-order valence-corrected chi connectivity index (χ2v) is 9.39. The maximum absolute atomic E-state index is 13.4. The average Bonchev–Trinajstić information content (AvgIpc) is 3.18. The van der Waals surface area contributed by atoms with Crippen molar-refractivity contribution in [2.24, 2.45) is 0 Å². The first-order valence-corrected chi connectivity index (χ1v) is 12.6. The van der Waals surface area contributed by atoms with E-state index in [4.69, 9.17) is 9.47 Å². The van der Waals surface area contributed by atoms with Crippen molar-refractivity contribution >= 4 is 23.1 Å². The van der Waals surface area contributed by atoms with Crippen LogP contribution in [-0.4, -0.2) is 29.5 Å². The fraction of sp³-hybridized carbons (Fsp3) is 0.258. The number of amides is 1. The van der Waals surface area contributed by atoms with E-state index >= 15 is 0 Å². The van der Waals surface area contributed by atoms with Crippen LogP contribution in [0.3, 0.4) is 0 Å². The Morgan fingerprint density at radius 3 is 2.32 bits per heavy atom. The minimum Gasteiger partial charge on any atom is -0.507 e. The molecular formula is C31H30N2O5. The van der Waals surface area contributed by atoms with Crippen LogP contribution in [0.1, 0.15) is 55.5 Å². The molecule has 0 saturated carbocycles. The molecule has 0 radical (unpaired) electrons. The van der Waals surface area contributed by atoms with Gasteiger partial charge in [-0.15, -0.1) is 0 Å². The highest BCUT2D eigenvalue weighted by molar-refractivity contribution is 6.51. The van der Waals surface area contributed by atoms with E-state index < -0.39 is 17.7 Å². The number of carbonyl (C=O) groups is 2. The normalized spacial score (nSPS) is 16.5. The number of Topliss-reactive ketones (excluding diaryl/α,β-unsaturated/α-hetero) is 1. The first kappa shape index (κ1) is 26.5. The molecule has 3 aromatic carbocycles. The van der Waals surface area contributed by atoms with E-state index in [9.17, 15) is 20.0 Å². The number of nitrogens with zero attached hydrogens (tertiary/aromatic N) is 2. The molecule has 0 bridgehead atoms. The number of benzene rings is 3. The predicted molar refractivity (Wildman–Crippen MR) is 145 cm³/mol. The lowest BCUT2D eigenvalue weighted by atomic mass is 9.94. The van der Waals surface area contributed by atoms with Crippen LogP contribution >= 0.6 is 0 Å². The number of ketones is 1. The van der Waals surface area contributed by atoms with Crippen LogP contribution in [0.2, 0.25) is 0 Å². The molecule has 1 fully saturated rings. The number of rotatable bonds is 8. The summed E-state index contributed by atoms with van der Waals surface area (Å²) in [4.78, 5) is 28.1. The molecule has 3 aromatic rings. The standard InChI is InChI=1S/C31H30N2O5/c1-5-16-37-25-13-8-22(9-14-25)28-27(29(34)23-10-15-26(20(4)17-23)38-19(2)3)30(35)31(36)33(28)24-11-6-21(18-32)7-12-24/h6-15,17,19,28,34H,5,16H2,1-4H3/b29-27-. The molecule has 0 aliphatic carbocycles. The van der Waals surface area contributed by atoms with Crippen LogP contribution in [0.5, 0.6) is 11.5 Å². The molecule has 1 amide bonds. The Hall–Kier alpha value is -4.57. The molecule has 4 rings (SSSR count). The van der Waals surface area contributed by atoms with E-state index in [1.54, 1.807) is 66.7 Å². The zero-order chi connectivity index (χ0) is 27.4. The molecule has 1 aliphatic heterocycles. The van der Waals surface area contributed by atoms with Crippen LogP contribution in [0.15, 0.2) is 72.3 Å². The van der Waals surface area contributed by atoms with Gasteiger partial charge < -0.3 is 14.6 Å². The minimum atomic E-state index is -0.880. The Labute approximate surface area is 222 Å². The van der Waals surface area contributed by atoms with Gasteiger partial charge in [-0.25, -0.2) is 0 Å². The van der Waals surface area contributed by atoms with Gasteiger partial charge in [0.1, 0.15) is 17.3 Å². The van der Waals surface area contributed by atoms with Gasteiger partial charge >= 0.3 is 0 Å². The zero-order valence-electron chi connectivity index (χ0n) is 21.9. The summed E-state index contributed by atoms with van der Waals surface area (Å²) in [5, 5.41) is 20.6. The second-order valence-electron chi connectivity index (χ2n) is 9.39. The zero-order valence-corrected chi connectivity index (χ0v) is 21.9. The van der Waals surface area contributed by atoms with Gasteiger partial charge in [0, 0.05) is 11.3 Å². The first-order chi connectivity index (χ1) is 18.2. The number of hydrogen-bond donors (Lipinski definition) is 1. The van der Waals surface area contributed by atoms with E-state index in [1.807, 2.05) is 27.7 Å². The number of carbonyl (C=O) groups excluding carboxylic acids is 2. The van der Waals surface area contributed by atoms with Crippen molar-refractivity contribution in [3.8, 4) is 17.6 Å². The first-order valence-electron chi connectivity index (χ1n) is 12.6. The Balaban J connectivity index is 1.85. The van der Waals surface area contributed by atoms with E-state index in [2.05, 4.69) is 6.07 Å². The van der Waals surface area contributed by atoms with E-state index in [0.29, 0.717) is 40.5 Å². The lowest BCUT2D eigenvalue weighted by Crippen LogP contribution is -2.29. The highest BCUT2D eigenvalue weighted by Crippen LogP contribution is 2.43. The summed E-state index contributed by atoms with van der Waals surface area (Å²) in [5.41, 5.74) is 2.69. The maximum Gasteiger partial charge on any atom is 0.300 e. The van der Waals surface area contributed by atoms with Gasteiger partial charge in [-0.3, -0.25) is 14.5 Å². The van der Waals surface area contributed by atoms with Crippen molar-refractivity contribution in [2.75, 3.05) is 11.5 Å². The molecule has 0 spiro atoms. The molecule has 194 valence electrons. The van der Waals surface area contributed by atoms with Gasteiger partial charge in [0.15, 0.2) is 0 Å². The topological polar surface area (TPSA) is 99.9 Å². The molecule has 1 saturated heterocycles. The van der Waals surface area contributed by atoms with Crippen LogP contribution in [0.4, 0.5) is 5.69 Å². The summed E-state index contributed by atoms with van der Waals surface area (Å²) in [7, 11) is 0. The van der Waals surface area contributed by atoms with Gasteiger partial charge in [0.2, 0.25) is 0 Å². The number of nitriles is 1. The monoisotopic (exact) mass is 510 g/mol. The average molecular weight is 511 g/mol.